The number of amides is 2. The number of nitrogens with one attached hydrogen (secondary N) is 2. The molecule has 1 aromatic heterocycles. The Morgan fingerprint density at radius 2 is 1.93 bits per heavy atom. The zero-order chi connectivity index (χ0) is 19.6. The van der Waals surface area contributed by atoms with Gasteiger partial charge in [0, 0.05) is 18.2 Å². The maximum atomic E-state index is 13.1. The summed E-state index contributed by atoms with van der Waals surface area (Å²) in [6.07, 6.45) is 3.14. The molecule has 0 spiro atoms. The number of carbonyl (C=O) groups excluding carboxylic acids is 2. The number of nitrogens with zero attached hydrogens (tertiary/aromatic N) is 1. The fraction of sp³-hybridized carbons (Fsp3) is 0.476. The smallest absolute Gasteiger partial charge is 0.250 e. The van der Waals surface area contributed by atoms with Gasteiger partial charge in [-0.3, -0.25) is 9.59 Å². The van der Waals surface area contributed by atoms with Crippen molar-refractivity contribution in [1.82, 2.24) is 10.3 Å². The molecule has 0 saturated heterocycles. The Kier molecular flexibility index (Phi) is 5.35. The molecule has 27 heavy (non-hydrogen) atoms. The molecule has 0 aliphatic heterocycles. The molecule has 6 nitrogen and oxygen atoms in total. The van der Waals surface area contributed by atoms with Gasteiger partial charge >= 0.3 is 0 Å². The Bertz CT molecular complexity index is 829. The Morgan fingerprint density at radius 3 is 2.52 bits per heavy atom. The highest BCUT2D eigenvalue weighted by Crippen LogP contribution is 2.33. The number of carbonyl (C=O) groups is 2. The van der Waals surface area contributed by atoms with Crippen LogP contribution in [0.15, 0.2) is 28.7 Å². The predicted octanol–water partition coefficient (Wildman–Crippen LogP) is 3.98. The summed E-state index contributed by atoms with van der Waals surface area (Å²) in [4.78, 5) is 29.2. The molecule has 1 aliphatic carbocycles. The van der Waals surface area contributed by atoms with Crippen molar-refractivity contribution in [2.24, 2.45) is 5.92 Å². The molecule has 0 atom stereocenters. The summed E-state index contributed by atoms with van der Waals surface area (Å²) in [7, 11) is 0. The first-order chi connectivity index (χ1) is 12.8. The van der Waals surface area contributed by atoms with E-state index in [1.165, 1.54) is 6.92 Å². The van der Waals surface area contributed by atoms with E-state index < -0.39 is 5.54 Å². The molecule has 3 rings (SSSR count). The summed E-state index contributed by atoms with van der Waals surface area (Å²) in [6, 6.07) is 7.42. The van der Waals surface area contributed by atoms with Gasteiger partial charge in [0.2, 0.25) is 17.7 Å². The summed E-state index contributed by atoms with van der Waals surface area (Å²) in [5.41, 5.74) is 1.47. The van der Waals surface area contributed by atoms with E-state index in [0.29, 0.717) is 30.3 Å². The summed E-state index contributed by atoms with van der Waals surface area (Å²) in [5, 5.41) is 5.89. The molecule has 1 aliphatic rings. The molecule has 1 saturated carbocycles. The number of aryl methyl sites for hydroxylation is 2. The van der Waals surface area contributed by atoms with Gasteiger partial charge in [-0.2, -0.15) is 0 Å². The molecule has 2 aromatic rings. The average Bonchev–Trinajstić information content (AvgIpc) is 2.96. The van der Waals surface area contributed by atoms with Crippen molar-refractivity contribution in [2.45, 2.75) is 58.9 Å². The third-order valence-corrected chi connectivity index (χ3v) is 5.37. The Labute approximate surface area is 159 Å². The van der Waals surface area contributed by atoms with Crippen molar-refractivity contribution in [3.8, 4) is 11.5 Å². The lowest BCUT2D eigenvalue weighted by Crippen LogP contribution is -2.57. The monoisotopic (exact) mass is 369 g/mol. The largest absolute Gasteiger partial charge is 0.441 e. The lowest BCUT2D eigenvalue weighted by atomic mass is 9.76. The number of oxazole rings is 1. The Hall–Kier alpha value is -2.63. The summed E-state index contributed by atoms with van der Waals surface area (Å²) >= 11 is 0. The Morgan fingerprint density at radius 1 is 1.22 bits per heavy atom. The van der Waals surface area contributed by atoms with Gasteiger partial charge in [0.15, 0.2) is 0 Å². The van der Waals surface area contributed by atoms with Crippen molar-refractivity contribution in [1.29, 1.82) is 0 Å². The van der Waals surface area contributed by atoms with Crippen molar-refractivity contribution < 1.29 is 14.0 Å². The van der Waals surface area contributed by atoms with E-state index in [1.807, 2.05) is 38.1 Å². The maximum absolute atomic E-state index is 13.1. The molecule has 1 aromatic carbocycles. The first-order valence-electron chi connectivity index (χ1n) is 9.44. The van der Waals surface area contributed by atoms with Crippen LogP contribution >= 0.6 is 0 Å². The van der Waals surface area contributed by atoms with Crippen LogP contribution in [0.5, 0.6) is 0 Å². The lowest BCUT2D eigenvalue weighted by molar-refractivity contribution is -0.131. The van der Waals surface area contributed by atoms with Gasteiger partial charge in [0.1, 0.15) is 11.3 Å². The van der Waals surface area contributed by atoms with E-state index in [9.17, 15) is 9.59 Å². The highest BCUT2D eigenvalue weighted by atomic mass is 16.4. The van der Waals surface area contributed by atoms with Crippen LogP contribution in [-0.2, 0) is 9.59 Å². The number of hydrogen-bond acceptors (Lipinski definition) is 4. The number of hydrogen-bond donors (Lipinski definition) is 2. The van der Waals surface area contributed by atoms with E-state index >= 15 is 0 Å². The first kappa shape index (κ1) is 19.1. The van der Waals surface area contributed by atoms with Gasteiger partial charge in [-0.25, -0.2) is 4.98 Å². The topological polar surface area (TPSA) is 84.2 Å². The molecule has 144 valence electrons. The summed E-state index contributed by atoms with van der Waals surface area (Å²) in [5.74, 6) is 1.53. The standard InChI is InChI=1S/C21H27N3O3/c1-13-8-10-21(11-9-13,24-16(4)25)20(26)23-18-7-5-6-17(12-18)19-22-14(2)15(3)27-19/h5-7,12-13H,8-11H2,1-4H3,(H,23,26)(H,24,25). The average molecular weight is 369 g/mol. The Balaban J connectivity index is 1.81. The summed E-state index contributed by atoms with van der Waals surface area (Å²) < 4.78 is 5.68. The first-order valence-corrected chi connectivity index (χ1v) is 9.44. The molecular weight excluding hydrogens is 342 g/mol. The van der Waals surface area contributed by atoms with Crippen molar-refractivity contribution >= 4 is 17.5 Å². The van der Waals surface area contributed by atoms with Gasteiger partial charge in [0.05, 0.1) is 5.69 Å². The molecule has 0 bridgehead atoms. The van der Waals surface area contributed by atoms with Crippen LogP contribution in [0.4, 0.5) is 5.69 Å². The second kappa shape index (κ2) is 7.55. The molecular formula is C21H27N3O3. The van der Waals surface area contributed by atoms with Crippen LogP contribution in [0.25, 0.3) is 11.5 Å². The molecule has 6 heteroatoms. The van der Waals surface area contributed by atoms with E-state index in [2.05, 4.69) is 22.5 Å². The third-order valence-electron chi connectivity index (χ3n) is 5.37. The molecule has 0 radical (unpaired) electrons. The van der Waals surface area contributed by atoms with E-state index in [-0.39, 0.29) is 11.8 Å². The van der Waals surface area contributed by atoms with E-state index in [4.69, 9.17) is 4.42 Å². The van der Waals surface area contributed by atoms with Crippen LogP contribution < -0.4 is 10.6 Å². The number of benzene rings is 1. The minimum Gasteiger partial charge on any atom is -0.441 e. The fourth-order valence-electron chi connectivity index (χ4n) is 3.58. The second-order valence-corrected chi connectivity index (χ2v) is 7.64. The van der Waals surface area contributed by atoms with Crippen LogP contribution in [0.3, 0.4) is 0 Å². The number of aromatic nitrogens is 1. The van der Waals surface area contributed by atoms with Crippen LogP contribution in [0, 0.1) is 19.8 Å². The molecule has 2 N–H and O–H groups in total. The van der Waals surface area contributed by atoms with Gasteiger partial charge in [-0.05, 0) is 63.6 Å². The minimum absolute atomic E-state index is 0.165. The van der Waals surface area contributed by atoms with E-state index in [0.717, 1.165) is 29.9 Å². The van der Waals surface area contributed by atoms with Crippen molar-refractivity contribution in [2.75, 3.05) is 5.32 Å². The van der Waals surface area contributed by atoms with Gasteiger partial charge in [-0.15, -0.1) is 0 Å². The van der Waals surface area contributed by atoms with Crippen molar-refractivity contribution in [3.05, 3.63) is 35.7 Å². The zero-order valence-corrected chi connectivity index (χ0v) is 16.4. The van der Waals surface area contributed by atoms with Crippen LogP contribution in [-0.4, -0.2) is 22.3 Å². The minimum atomic E-state index is -0.843. The van der Waals surface area contributed by atoms with Gasteiger partial charge < -0.3 is 15.1 Å². The normalized spacial score (nSPS) is 22.3. The maximum Gasteiger partial charge on any atom is 0.250 e. The second-order valence-electron chi connectivity index (χ2n) is 7.64. The lowest BCUT2D eigenvalue weighted by Gasteiger charge is -2.38. The third kappa shape index (κ3) is 4.21. The highest BCUT2D eigenvalue weighted by molar-refractivity contribution is 6.00. The van der Waals surface area contributed by atoms with Gasteiger partial charge in [0.25, 0.3) is 0 Å². The zero-order valence-electron chi connectivity index (χ0n) is 16.4. The number of anilines is 1. The highest BCUT2D eigenvalue weighted by Gasteiger charge is 2.41. The van der Waals surface area contributed by atoms with Gasteiger partial charge in [-0.1, -0.05) is 13.0 Å². The molecule has 2 amide bonds. The summed E-state index contributed by atoms with van der Waals surface area (Å²) in [6.45, 7) is 7.41. The molecule has 1 fully saturated rings. The van der Waals surface area contributed by atoms with Crippen LogP contribution in [0.2, 0.25) is 0 Å². The quantitative estimate of drug-likeness (QED) is 0.854. The number of rotatable bonds is 4. The fourth-order valence-corrected chi connectivity index (χ4v) is 3.58. The van der Waals surface area contributed by atoms with Crippen molar-refractivity contribution in [3.63, 3.8) is 0 Å². The van der Waals surface area contributed by atoms with Crippen LogP contribution in [0.1, 0.15) is 51.0 Å². The van der Waals surface area contributed by atoms with E-state index in [1.54, 1.807) is 0 Å². The predicted molar refractivity (Wildman–Crippen MR) is 104 cm³/mol. The molecule has 1 heterocycles. The molecule has 0 unspecified atom stereocenters. The SMILES string of the molecule is CC(=O)NC1(C(=O)Nc2cccc(-c3nc(C)c(C)o3)c2)CCC(C)CC1.